The van der Waals surface area contributed by atoms with Crippen molar-refractivity contribution < 1.29 is 18.0 Å². The van der Waals surface area contributed by atoms with E-state index in [0.717, 1.165) is 12.1 Å². The summed E-state index contributed by atoms with van der Waals surface area (Å²) in [5.74, 6) is -0.171. The number of amides is 1. The van der Waals surface area contributed by atoms with Gasteiger partial charge in [-0.05, 0) is 25.1 Å². The molecule has 3 nitrogen and oxygen atoms in total. The first-order valence-corrected chi connectivity index (χ1v) is 5.49. The molecule has 0 unspecified atom stereocenters. The monoisotopic (exact) mass is 260 g/mol. The molecular weight excluding hydrogens is 245 g/mol. The summed E-state index contributed by atoms with van der Waals surface area (Å²) in [4.78, 5) is 13.0. The Kier molecular flexibility index (Phi) is 4.58. The topological polar surface area (TPSA) is 32.3 Å². The number of carbonyl (C=O) groups is 1. The summed E-state index contributed by atoms with van der Waals surface area (Å²) in [6.45, 7) is 2.36. The number of halogens is 3. The van der Waals surface area contributed by atoms with E-state index in [2.05, 4.69) is 5.32 Å². The van der Waals surface area contributed by atoms with Crippen molar-refractivity contribution in [1.82, 2.24) is 4.90 Å². The number of rotatable bonds is 4. The molecule has 1 aromatic carbocycles. The number of hydrogen-bond acceptors (Lipinski definition) is 2. The summed E-state index contributed by atoms with van der Waals surface area (Å²) in [5.41, 5.74) is -0.452. The largest absolute Gasteiger partial charge is 0.416 e. The predicted octanol–water partition coefficient (Wildman–Crippen LogP) is 2.60. The van der Waals surface area contributed by atoms with E-state index in [1.165, 1.54) is 17.0 Å². The molecule has 0 fully saturated rings. The summed E-state index contributed by atoms with van der Waals surface area (Å²) in [7, 11) is 1.64. The molecule has 0 bridgehead atoms. The molecular formula is C12H15F3N2O. The highest BCUT2D eigenvalue weighted by atomic mass is 19.4. The number of anilines is 1. The molecule has 18 heavy (non-hydrogen) atoms. The number of benzene rings is 1. The summed E-state index contributed by atoms with van der Waals surface area (Å²) >= 11 is 0. The molecule has 1 aromatic rings. The summed E-state index contributed by atoms with van der Waals surface area (Å²) < 4.78 is 37.3. The number of nitrogens with one attached hydrogen (secondary N) is 1. The Bertz CT molecular complexity index is 418. The second-order valence-corrected chi connectivity index (χ2v) is 3.84. The third-order valence-corrected chi connectivity index (χ3v) is 2.53. The fraction of sp³-hybridized carbons (Fsp3) is 0.417. The quantitative estimate of drug-likeness (QED) is 0.902. The van der Waals surface area contributed by atoms with E-state index < -0.39 is 11.7 Å². The van der Waals surface area contributed by atoms with Crippen LogP contribution in [0.1, 0.15) is 12.5 Å². The van der Waals surface area contributed by atoms with Crippen LogP contribution in [-0.2, 0) is 11.0 Å². The molecule has 0 aliphatic heterocycles. The van der Waals surface area contributed by atoms with Crippen molar-refractivity contribution in [3.63, 3.8) is 0 Å². The maximum absolute atomic E-state index is 12.4. The molecule has 1 N–H and O–H groups in total. The van der Waals surface area contributed by atoms with Gasteiger partial charge in [-0.2, -0.15) is 13.2 Å². The molecule has 0 saturated carbocycles. The summed E-state index contributed by atoms with van der Waals surface area (Å²) in [6, 6.07) is 4.78. The highest BCUT2D eigenvalue weighted by molar-refractivity contribution is 5.80. The minimum absolute atomic E-state index is 0.0222. The second kappa shape index (κ2) is 5.75. The minimum Gasteiger partial charge on any atom is -0.376 e. The molecule has 0 saturated heterocycles. The standard InChI is InChI=1S/C12H15F3N2O/c1-3-17(2)11(18)8-16-10-6-4-5-9(7-10)12(13,14)15/h4-7,16H,3,8H2,1-2H3. The number of carbonyl (C=O) groups excluding carboxylic acids is 1. The molecule has 1 rings (SSSR count). The van der Waals surface area contributed by atoms with Crippen molar-refractivity contribution >= 4 is 11.6 Å². The Morgan fingerprint density at radius 2 is 2.06 bits per heavy atom. The maximum atomic E-state index is 12.4. The lowest BCUT2D eigenvalue weighted by molar-refractivity contribution is -0.137. The van der Waals surface area contributed by atoms with E-state index in [4.69, 9.17) is 0 Å². The first-order chi connectivity index (χ1) is 8.34. The molecule has 0 aromatic heterocycles. The lowest BCUT2D eigenvalue weighted by Crippen LogP contribution is -2.31. The van der Waals surface area contributed by atoms with Gasteiger partial charge in [0, 0.05) is 19.3 Å². The summed E-state index contributed by atoms with van der Waals surface area (Å²) in [5, 5.41) is 2.68. The van der Waals surface area contributed by atoms with Crippen molar-refractivity contribution in [2.45, 2.75) is 13.1 Å². The van der Waals surface area contributed by atoms with Gasteiger partial charge in [0.05, 0.1) is 12.1 Å². The number of hydrogen-bond donors (Lipinski definition) is 1. The molecule has 100 valence electrons. The molecule has 1 amide bonds. The zero-order valence-corrected chi connectivity index (χ0v) is 10.2. The van der Waals surface area contributed by atoms with Gasteiger partial charge >= 0.3 is 6.18 Å². The minimum atomic E-state index is -4.37. The second-order valence-electron chi connectivity index (χ2n) is 3.84. The van der Waals surface area contributed by atoms with E-state index in [1.54, 1.807) is 7.05 Å². The van der Waals surface area contributed by atoms with E-state index in [-0.39, 0.29) is 18.1 Å². The van der Waals surface area contributed by atoms with Crippen molar-refractivity contribution in [3.05, 3.63) is 29.8 Å². The Balaban J connectivity index is 2.66. The molecule has 0 aliphatic rings. The van der Waals surface area contributed by atoms with Crippen LogP contribution in [0, 0.1) is 0 Å². The van der Waals surface area contributed by atoms with Gasteiger partial charge in [0.25, 0.3) is 0 Å². The van der Waals surface area contributed by atoms with Crippen molar-refractivity contribution in [2.75, 3.05) is 25.5 Å². The molecule has 0 atom stereocenters. The lowest BCUT2D eigenvalue weighted by atomic mass is 10.2. The Hall–Kier alpha value is -1.72. The third-order valence-electron chi connectivity index (χ3n) is 2.53. The molecule has 6 heteroatoms. The molecule has 0 spiro atoms. The first-order valence-electron chi connectivity index (χ1n) is 5.49. The number of likely N-dealkylation sites (N-methyl/N-ethyl adjacent to an activating group) is 1. The van der Waals surface area contributed by atoms with Crippen LogP contribution in [0.25, 0.3) is 0 Å². The smallest absolute Gasteiger partial charge is 0.376 e. The van der Waals surface area contributed by atoms with Gasteiger partial charge < -0.3 is 10.2 Å². The fourth-order valence-electron chi connectivity index (χ4n) is 1.29. The normalized spacial score (nSPS) is 11.2. The van der Waals surface area contributed by atoms with Crippen LogP contribution in [0.5, 0.6) is 0 Å². The van der Waals surface area contributed by atoms with Crippen molar-refractivity contribution in [2.24, 2.45) is 0 Å². The van der Waals surface area contributed by atoms with E-state index in [9.17, 15) is 18.0 Å². The van der Waals surface area contributed by atoms with Crippen LogP contribution in [0.3, 0.4) is 0 Å². The first kappa shape index (κ1) is 14.3. The Labute approximate surface area is 104 Å². The van der Waals surface area contributed by atoms with Crippen LogP contribution >= 0.6 is 0 Å². The SMILES string of the molecule is CCN(C)C(=O)CNc1cccc(C(F)(F)F)c1. The molecule has 0 radical (unpaired) electrons. The molecule has 0 aliphatic carbocycles. The highest BCUT2D eigenvalue weighted by Crippen LogP contribution is 2.30. The van der Waals surface area contributed by atoms with Crippen molar-refractivity contribution in [3.8, 4) is 0 Å². The Morgan fingerprint density at radius 3 is 2.61 bits per heavy atom. The zero-order chi connectivity index (χ0) is 13.8. The Morgan fingerprint density at radius 1 is 1.39 bits per heavy atom. The van der Waals surface area contributed by atoms with E-state index in [1.807, 2.05) is 6.92 Å². The predicted molar refractivity (Wildman–Crippen MR) is 63.2 cm³/mol. The zero-order valence-electron chi connectivity index (χ0n) is 10.2. The third kappa shape index (κ3) is 3.94. The van der Waals surface area contributed by atoms with Gasteiger partial charge in [-0.15, -0.1) is 0 Å². The van der Waals surface area contributed by atoms with Gasteiger partial charge in [-0.3, -0.25) is 4.79 Å². The van der Waals surface area contributed by atoms with Gasteiger partial charge in [-0.25, -0.2) is 0 Å². The van der Waals surface area contributed by atoms with Crippen LogP contribution in [0.15, 0.2) is 24.3 Å². The average Bonchev–Trinajstić information content (AvgIpc) is 2.34. The van der Waals surface area contributed by atoms with Crippen LogP contribution in [-0.4, -0.2) is 30.9 Å². The van der Waals surface area contributed by atoms with Gasteiger partial charge in [0.15, 0.2) is 0 Å². The highest BCUT2D eigenvalue weighted by Gasteiger charge is 2.30. The van der Waals surface area contributed by atoms with Crippen LogP contribution < -0.4 is 5.32 Å². The van der Waals surface area contributed by atoms with E-state index >= 15 is 0 Å². The van der Waals surface area contributed by atoms with Crippen LogP contribution in [0.4, 0.5) is 18.9 Å². The fourth-order valence-corrected chi connectivity index (χ4v) is 1.29. The van der Waals surface area contributed by atoms with Gasteiger partial charge in [0.2, 0.25) is 5.91 Å². The summed E-state index contributed by atoms with van der Waals surface area (Å²) in [6.07, 6.45) is -4.37. The molecule has 0 heterocycles. The number of alkyl halides is 3. The van der Waals surface area contributed by atoms with Gasteiger partial charge in [0.1, 0.15) is 0 Å². The average molecular weight is 260 g/mol. The van der Waals surface area contributed by atoms with E-state index in [0.29, 0.717) is 6.54 Å². The lowest BCUT2D eigenvalue weighted by Gasteiger charge is -2.15. The van der Waals surface area contributed by atoms with Crippen molar-refractivity contribution in [1.29, 1.82) is 0 Å². The van der Waals surface area contributed by atoms with Crippen LogP contribution in [0.2, 0.25) is 0 Å². The maximum Gasteiger partial charge on any atom is 0.416 e. The van der Waals surface area contributed by atoms with Gasteiger partial charge in [-0.1, -0.05) is 6.07 Å². The number of nitrogens with zero attached hydrogens (tertiary/aromatic N) is 1.